The van der Waals surface area contributed by atoms with Gasteiger partial charge in [0.2, 0.25) is 5.91 Å². The highest BCUT2D eigenvalue weighted by molar-refractivity contribution is 7.99. The summed E-state index contributed by atoms with van der Waals surface area (Å²) in [4.78, 5) is 25.4. The highest BCUT2D eigenvalue weighted by Gasteiger charge is 2.53. The molecule has 3 rings (SSSR count). The molecule has 24 heavy (non-hydrogen) atoms. The van der Waals surface area contributed by atoms with Gasteiger partial charge < -0.3 is 10.0 Å². The van der Waals surface area contributed by atoms with E-state index in [1.807, 2.05) is 4.90 Å². The Labute approximate surface area is 145 Å². The van der Waals surface area contributed by atoms with Gasteiger partial charge in [0.05, 0.1) is 5.75 Å². The van der Waals surface area contributed by atoms with Crippen molar-refractivity contribution in [2.45, 2.75) is 43.4 Å². The average Bonchev–Trinajstić information content (AvgIpc) is 3.28. The Bertz CT molecular complexity index is 615. The van der Waals surface area contributed by atoms with Crippen LogP contribution in [-0.2, 0) is 15.3 Å². The smallest absolute Gasteiger partial charge is 0.303 e. The van der Waals surface area contributed by atoms with Gasteiger partial charge in [-0.1, -0.05) is 12.1 Å². The lowest BCUT2D eigenvalue weighted by Crippen LogP contribution is -2.49. The summed E-state index contributed by atoms with van der Waals surface area (Å²) in [6, 6.07) is 6.35. The van der Waals surface area contributed by atoms with Crippen molar-refractivity contribution in [3.8, 4) is 0 Å². The molecular weight excluding hydrogens is 329 g/mol. The molecule has 4 nitrogen and oxygen atoms in total. The first kappa shape index (κ1) is 17.3. The quantitative estimate of drug-likeness (QED) is 0.854. The fourth-order valence-corrected chi connectivity index (χ4v) is 4.50. The maximum Gasteiger partial charge on any atom is 0.303 e. The molecule has 2 fully saturated rings. The van der Waals surface area contributed by atoms with Crippen molar-refractivity contribution in [2.24, 2.45) is 5.92 Å². The lowest BCUT2D eigenvalue weighted by Gasteiger charge is -2.40. The molecule has 1 N–H and O–H groups in total. The van der Waals surface area contributed by atoms with E-state index in [9.17, 15) is 14.0 Å². The Morgan fingerprint density at radius 3 is 2.62 bits per heavy atom. The number of thioether (sulfide) groups is 1. The van der Waals surface area contributed by atoms with Crippen molar-refractivity contribution in [2.75, 3.05) is 12.3 Å². The predicted molar refractivity (Wildman–Crippen MR) is 91.2 cm³/mol. The Hall–Kier alpha value is -1.56. The summed E-state index contributed by atoms with van der Waals surface area (Å²) < 4.78 is 12.9. The van der Waals surface area contributed by atoms with Gasteiger partial charge in [0, 0.05) is 24.3 Å². The van der Waals surface area contributed by atoms with Crippen molar-refractivity contribution >= 4 is 23.6 Å². The van der Waals surface area contributed by atoms with Gasteiger partial charge in [-0.3, -0.25) is 9.59 Å². The number of hydrogen-bond donors (Lipinski definition) is 1. The summed E-state index contributed by atoms with van der Waals surface area (Å²) in [5, 5.41) is 8.97. The van der Waals surface area contributed by atoms with Crippen LogP contribution in [0.4, 0.5) is 4.39 Å². The lowest BCUT2D eigenvalue weighted by molar-refractivity contribution is -0.139. The highest BCUT2D eigenvalue weighted by Crippen LogP contribution is 2.50. The molecule has 1 unspecified atom stereocenters. The molecule has 1 atom stereocenters. The number of rotatable bonds is 6. The number of carboxylic acid groups (broad SMARTS) is 1. The minimum absolute atomic E-state index is 0.0636. The summed E-state index contributed by atoms with van der Waals surface area (Å²) in [6.45, 7) is 0.674. The van der Waals surface area contributed by atoms with Gasteiger partial charge in [0.15, 0.2) is 0 Å². The monoisotopic (exact) mass is 351 g/mol. The van der Waals surface area contributed by atoms with Crippen LogP contribution in [0.5, 0.6) is 0 Å². The average molecular weight is 351 g/mol. The molecule has 6 heteroatoms. The zero-order valence-corrected chi connectivity index (χ0v) is 14.4. The Morgan fingerprint density at radius 1 is 1.29 bits per heavy atom. The molecule has 1 heterocycles. The van der Waals surface area contributed by atoms with E-state index in [0.717, 1.165) is 31.2 Å². The van der Waals surface area contributed by atoms with Crippen LogP contribution >= 0.6 is 11.8 Å². The predicted octanol–water partition coefficient (Wildman–Crippen LogP) is 3.30. The van der Waals surface area contributed by atoms with Crippen LogP contribution in [0.1, 0.15) is 37.7 Å². The number of hydrogen-bond acceptors (Lipinski definition) is 3. The maximum atomic E-state index is 12.9. The second-order valence-electron chi connectivity index (χ2n) is 6.85. The van der Waals surface area contributed by atoms with Gasteiger partial charge in [0.25, 0.3) is 0 Å². The zero-order valence-electron chi connectivity index (χ0n) is 13.5. The largest absolute Gasteiger partial charge is 0.481 e. The number of piperidine rings is 1. The van der Waals surface area contributed by atoms with E-state index in [4.69, 9.17) is 5.11 Å². The summed E-state index contributed by atoms with van der Waals surface area (Å²) in [5.41, 5.74) is 0.946. The van der Waals surface area contributed by atoms with Crippen molar-refractivity contribution in [1.82, 2.24) is 4.90 Å². The molecule has 0 bridgehead atoms. The van der Waals surface area contributed by atoms with Crippen LogP contribution in [-0.4, -0.2) is 39.7 Å². The number of carboxylic acids is 1. The third-order valence-electron chi connectivity index (χ3n) is 5.00. The van der Waals surface area contributed by atoms with Gasteiger partial charge in [-0.2, -0.15) is 0 Å². The van der Waals surface area contributed by atoms with E-state index in [0.29, 0.717) is 18.1 Å². The molecule has 2 aliphatic rings. The molecule has 1 aromatic carbocycles. The van der Waals surface area contributed by atoms with Crippen LogP contribution < -0.4 is 0 Å². The molecule has 1 aliphatic heterocycles. The van der Waals surface area contributed by atoms with Crippen LogP contribution in [0, 0.1) is 11.7 Å². The molecular formula is C18H22FNO3S. The maximum absolute atomic E-state index is 12.9. The van der Waals surface area contributed by atoms with Crippen LogP contribution in [0.3, 0.4) is 0 Å². The molecule has 1 saturated heterocycles. The van der Waals surface area contributed by atoms with Gasteiger partial charge >= 0.3 is 5.97 Å². The van der Waals surface area contributed by atoms with Crippen molar-refractivity contribution in [1.29, 1.82) is 0 Å². The molecule has 1 spiro atoms. The van der Waals surface area contributed by atoms with E-state index < -0.39 is 5.97 Å². The molecule has 1 saturated carbocycles. The lowest BCUT2D eigenvalue weighted by atomic mass is 9.86. The fraction of sp³-hybridized carbons (Fsp3) is 0.556. The first-order valence-electron chi connectivity index (χ1n) is 8.33. The summed E-state index contributed by atoms with van der Waals surface area (Å²) in [5.74, 6) is 0.455. The van der Waals surface area contributed by atoms with Gasteiger partial charge in [-0.15, -0.1) is 11.8 Å². The Balaban J connectivity index is 1.48. The number of benzene rings is 1. The van der Waals surface area contributed by atoms with Crippen molar-refractivity contribution in [3.05, 3.63) is 35.6 Å². The molecule has 130 valence electrons. The molecule has 1 amide bonds. The van der Waals surface area contributed by atoms with E-state index in [-0.39, 0.29) is 29.6 Å². The first-order chi connectivity index (χ1) is 11.5. The minimum Gasteiger partial charge on any atom is -0.481 e. The molecule has 1 aliphatic carbocycles. The summed E-state index contributed by atoms with van der Waals surface area (Å²) >= 11 is 1.55. The normalized spacial score (nSPS) is 21.7. The number of halogens is 1. The summed E-state index contributed by atoms with van der Waals surface area (Å²) in [7, 11) is 0. The van der Waals surface area contributed by atoms with E-state index in [1.165, 1.54) is 12.1 Å². The van der Waals surface area contributed by atoms with Gasteiger partial charge in [-0.25, -0.2) is 4.39 Å². The zero-order chi connectivity index (χ0) is 17.2. The van der Waals surface area contributed by atoms with Crippen molar-refractivity contribution < 1.29 is 19.1 Å². The van der Waals surface area contributed by atoms with Crippen LogP contribution in [0.2, 0.25) is 0 Å². The fourth-order valence-electron chi connectivity index (χ4n) is 3.64. The standard InChI is InChI=1S/C18H22FNO3S/c19-15-3-1-13(2-4-15)11-24-12-16(21)20-8-5-14(9-17(22)23)10-18(20)6-7-18/h1-4,14H,5-12H2,(H,22,23). The van der Waals surface area contributed by atoms with Crippen molar-refractivity contribution in [3.63, 3.8) is 0 Å². The van der Waals surface area contributed by atoms with Gasteiger partial charge in [-0.05, 0) is 49.3 Å². The number of aliphatic carboxylic acids is 1. The summed E-state index contributed by atoms with van der Waals surface area (Å²) in [6.07, 6.45) is 3.81. The number of likely N-dealkylation sites (tertiary alicyclic amines) is 1. The Morgan fingerprint density at radius 2 is 2.00 bits per heavy atom. The van der Waals surface area contributed by atoms with E-state index in [2.05, 4.69) is 0 Å². The van der Waals surface area contributed by atoms with Crippen LogP contribution in [0.25, 0.3) is 0 Å². The molecule has 0 radical (unpaired) electrons. The number of carbonyl (C=O) groups excluding carboxylic acids is 1. The minimum atomic E-state index is -0.745. The third kappa shape index (κ3) is 4.09. The molecule has 1 aromatic rings. The van der Waals surface area contributed by atoms with E-state index in [1.54, 1.807) is 23.9 Å². The number of carbonyl (C=O) groups is 2. The topological polar surface area (TPSA) is 57.6 Å². The van der Waals surface area contributed by atoms with Crippen LogP contribution in [0.15, 0.2) is 24.3 Å². The Kier molecular flexibility index (Phi) is 5.13. The first-order valence-corrected chi connectivity index (χ1v) is 9.48. The highest BCUT2D eigenvalue weighted by atomic mass is 32.2. The SMILES string of the molecule is O=C(O)CC1CCN(C(=O)CSCc2ccc(F)cc2)C2(CC2)C1. The second-order valence-corrected chi connectivity index (χ2v) is 7.83. The van der Waals surface area contributed by atoms with E-state index >= 15 is 0 Å². The van der Waals surface area contributed by atoms with Gasteiger partial charge in [0.1, 0.15) is 5.82 Å². The second kappa shape index (κ2) is 7.13. The number of nitrogens with zero attached hydrogens (tertiary/aromatic N) is 1. The third-order valence-corrected chi connectivity index (χ3v) is 5.99. The number of amides is 1. The molecule has 0 aromatic heterocycles.